The van der Waals surface area contributed by atoms with Gasteiger partial charge in [0, 0.05) is 18.7 Å². The molecule has 0 saturated heterocycles. The van der Waals surface area contributed by atoms with Crippen molar-refractivity contribution in [3.63, 3.8) is 0 Å². The normalized spacial score (nSPS) is 13.6. The Morgan fingerprint density at radius 3 is 2.75 bits per heavy atom. The minimum Gasteiger partial charge on any atom is -0.388 e. The zero-order valence-corrected chi connectivity index (χ0v) is 14.6. The number of nitrogens with one attached hydrogen (secondary N) is 3. The molecule has 1 aromatic carbocycles. The van der Waals surface area contributed by atoms with Crippen LogP contribution < -0.4 is 10.6 Å². The highest BCUT2D eigenvalue weighted by molar-refractivity contribution is 5.74. The van der Waals surface area contributed by atoms with Gasteiger partial charge in [-0.2, -0.15) is 5.10 Å². The summed E-state index contributed by atoms with van der Waals surface area (Å²) in [6, 6.07) is 7.38. The Bertz CT molecular complexity index is 694. The number of rotatable bonds is 6. The fourth-order valence-electron chi connectivity index (χ4n) is 2.00. The number of hydrogen-bond donors (Lipinski definition) is 4. The van der Waals surface area contributed by atoms with E-state index in [4.69, 9.17) is 0 Å². The van der Waals surface area contributed by atoms with E-state index in [2.05, 4.69) is 25.8 Å². The lowest BCUT2D eigenvalue weighted by atomic mass is 9.93. The van der Waals surface area contributed by atoms with Crippen LogP contribution in [-0.2, 0) is 6.54 Å². The van der Waals surface area contributed by atoms with Gasteiger partial charge >= 0.3 is 6.03 Å². The van der Waals surface area contributed by atoms with Crippen LogP contribution in [0.5, 0.6) is 0 Å². The summed E-state index contributed by atoms with van der Waals surface area (Å²) in [6.45, 7) is 7.96. The molecule has 0 fully saturated rings. The second kappa shape index (κ2) is 7.44. The van der Waals surface area contributed by atoms with E-state index in [0.29, 0.717) is 12.4 Å². The quantitative estimate of drug-likeness (QED) is 0.650. The molecule has 1 heterocycles. The fourth-order valence-corrected chi connectivity index (χ4v) is 2.00. The van der Waals surface area contributed by atoms with Crippen molar-refractivity contribution in [2.24, 2.45) is 5.92 Å². The number of benzene rings is 1. The first-order chi connectivity index (χ1) is 11.3. The first-order valence-electron chi connectivity index (χ1n) is 8.00. The number of aryl methyl sites for hydroxylation is 1. The van der Waals surface area contributed by atoms with Gasteiger partial charge in [-0.25, -0.2) is 9.78 Å². The molecule has 0 aliphatic heterocycles. The largest absolute Gasteiger partial charge is 0.388 e. The van der Waals surface area contributed by atoms with E-state index in [9.17, 15) is 9.90 Å². The molecule has 0 radical (unpaired) electrons. The molecule has 1 atom stereocenters. The Hall–Kier alpha value is -2.41. The van der Waals surface area contributed by atoms with Crippen LogP contribution in [0.3, 0.4) is 0 Å². The van der Waals surface area contributed by atoms with E-state index in [-0.39, 0.29) is 18.5 Å². The van der Waals surface area contributed by atoms with Crippen LogP contribution in [0.1, 0.15) is 32.2 Å². The van der Waals surface area contributed by atoms with E-state index >= 15 is 0 Å². The van der Waals surface area contributed by atoms with Crippen molar-refractivity contribution in [1.29, 1.82) is 0 Å². The maximum absolute atomic E-state index is 11.9. The van der Waals surface area contributed by atoms with Crippen molar-refractivity contribution in [2.75, 3.05) is 6.54 Å². The highest BCUT2D eigenvalue weighted by Gasteiger charge is 2.25. The Balaban J connectivity index is 1.89. The SMILES string of the molecule is Cc1nc(-c2cccc(CNC(=O)NCC(C)(O)C(C)C)c2)n[nH]1. The second-order valence-electron chi connectivity index (χ2n) is 6.49. The van der Waals surface area contributed by atoms with Gasteiger partial charge in [0.05, 0.1) is 5.60 Å². The number of aromatic amines is 1. The van der Waals surface area contributed by atoms with Gasteiger partial charge in [-0.1, -0.05) is 32.0 Å². The Morgan fingerprint density at radius 2 is 2.12 bits per heavy atom. The number of carbonyl (C=O) groups is 1. The average molecular weight is 331 g/mol. The van der Waals surface area contributed by atoms with Gasteiger partial charge in [-0.3, -0.25) is 5.10 Å². The van der Waals surface area contributed by atoms with Crippen molar-refractivity contribution in [3.05, 3.63) is 35.7 Å². The van der Waals surface area contributed by atoms with E-state index < -0.39 is 5.60 Å². The molecule has 24 heavy (non-hydrogen) atoms. The molecule has 0 bridgehead atoms. The molecule has 4 N–H and O–H groups in total. The molecule has 0 aliphatic carbocycles. The van der Waals surface area contributed by atoms with Gasteiger partial charge in [0.15, 0.2) is 5.82 Å². The van der Waals surface area contributed by atoms with Gasteiger partial charge in [0.1, 0.15) is 5.82 Å². The summed E-state index contributed by atoms with van der Waals surface area (Å²) in [6.07, 6.45) is 0. The molecule has 2 aromatic rings. The smallest absolute Gasteiger partial charge is 0.315 e. The van der Waals surface area contributed by atoms with Crippen LogP contribution in [0.4, 0.5) is 4.79 Å². The monoisotopic (exact) mass is 331 g/mol. The van der Waals surface area contributed by atoms with Crippen LogP contribution in [0, 0.1) is 12.8 Å². The molecule has 0 aliphatic rings. The van der Waals surface area contributed by atoms with Crippen molar-refractivity contribution >= 4 is 6.03 Å². The predicted molar refractivity (Wildman–Crippen MR) is 92.3 cm³/mol. The topological polar surface area (TPSA) is 103 Å². The summed E-state index contributed by atoms with van der Waals surface area (Å²) in [5.74, 6) is 1.44. The number of aliphatic hydroxyl groups is 1. The molecule has 7 nitrogen and oxygen atoms in total. The summed E-state index contributed by atoms with van der Waals surface area (Å²) < 4.78 is 0. The van der Waals surface area contributed by atoms with Crippen molar-refractivity contribution in [1.82, 2.24) is 25.8 Å². The Kier molecular flexibility index (Phi) is 5.56. The van der Waals surface area contributed by atoms with E-state index in [1.54, 1.807) is 6.92 Å². The zero-order valence-electron chi connectivity index (χ0n) is 14.6. The highest BCUT2D eigenvalue weighted by atomic mass is 16.3. The van der Waals surface area contributed by atoms with Crippen molar-refractivity contribution in [3.8, 4) is 11.4 Å². The molecular formula is C17H25N5O2. The molecular weight excluding hydrogens is 306 g/mol. The van der Waals surface area contributed by atoms with E-state index in [0.717, 1.165) is 17.0 Å². The predicted octanol–water partition coefficient (Wildman–Crippen LogP) is 1.99. The molecule has 2 amide bonds. The maximum Gasteiger partial charge on any atom is 0.315 e. The Labute approximate surface area is 141 Å². The number of nitrogens with zero attached hydrogens (tertiary/aromatic N) is 2. The lowest BCUT2D eigenvalue weighted by Gasteiger charge is -2.27. The molecule has 0 spiro atoms. The van der Waals surface area contributed by atoms with Gasteiger partial charge in [0.2, 0.25) is 0 Å². The van der Waals surface area contributed by atoms with Crippen molar-refractivity contribution in [2.45, 2.75) is 39.8 Å². The standard InChI is InChI=1S/C17H25N5O2/c1-11(2)17(4,24)10-19-16(23)18-9-13-6-5-7-14(8-13)15-20-12(3)21-22-15/h5-8,11,24H,9-10H2,1-4H3,(H2,18,19,23)(H,20,21,22). The van der Waals surface area contributed by atoms with E-state index in [1.165, 1.54) is 0 Å². The number of urea groups is 1. The van der Waals surface area contributed by atoms with Gasteiger partial charge in [-0.05, 0) is 31.4 Å². The van der Waals surface area contributed by atoms with E-state index in [1.807, 2.05) is 45.0 Å². The summed E-state index contributed by atoms with van der Waals surface area (Å²) in [5.41, 5.74) is 0.906. The van der Waals surface area contributed by atoms with Gasteiger partial charge < -0.3 is 15.7 Å². The summed E-state index contributed by atoms with van der Waals surface area (Å²) in [7, 11) is 0. The molecule has 130 valence electrons. The third-order valence-corrected chi connectivity index (χ3v) is 4.09. The van der Waals surface area contributed by atoms with Crippen molar-refractivity contribution < 1.29 is 9.90 Å². The summed E-state index contributed by atoms with van der Waals surface area (Å²) in [4.78, 5) is 16.2. The highest BCUT2D eigenvalue weighted by Crippen LogP contribution is 2.16. The second-order valence-corrected chi connectivity index (χ2v) is 6.49. The minimum absolute atomic E-state index is 0.0549. The van der Waals surface area contributed by atoms with Crippen LogP contribution in [0.2, 0.25) is 0 Å². The molecule has 1 unspecified atom stereocenters. The number of amides is 2. The van der Waals surface area contributed by atoms with Crippen LogP contribution in [0.15, 0.2) is 24.3 Å². The lowest BCUT2D eigenvalue weighted by Crippen LogP contribution is -2.47. The van der Waals surface area contributed by atoms with Gasteiger partial charge in [-0.15, -0.1) is 0 Å². The first-order valence-corrected chi connectivity index (χ1v) is 8.00. The first kappa shape index (κ1) is 17.9. The lowest BCUT2D eigenvalue weighted by molar-refractivity contribution is 0.0166. The third kappa shape index (κ3) is 4.79. The Morgan fingerprint density at radius 1 is 1.38 bits per heavy atom. The summed E-state index contributed by atoms with van der Waals surface area (Å²) >= 11 is 0. The molecule has 1 aromatic heterocycles. The zero-order chi connectivity index (χ0) is 17.7. The maximum atomic E-state index is 11.9. The molecule has 0 saturated carbocycles. The number of H-pyrrole nitrogens is 1. The minimum atomic E-state index is -0.930. The van der Waals surface area contributed by atoms with Crippen LogP contribution >= 0.6 is 0 Å². The third-order valence-electron chi connectivity index (χ3n) is 4.09. The van der Waals surface area contributed by atoms with Crippen LogP contribution in [0.25, 0.3) is 11.4 Å². The molecule has 7 heteroatoms. The fraction of sp³-hybridized carbons (Fsp3) is 0.471. The van der Waals surface area contributed by atoms with Gasteiger partial charge in [0.25, 0.3) is 0 Å². The average Bonchev–Trinajstić information content (AvgIpc) is 2.98. The number of carbonyl (C=O) groups excluding carboxylic acids is 1. The molecule has 2 rings (SSSR count). The van der Waals surface area contributed by atoms with Crippen LogP contribution in [-0.4, -0.2) is 38.5 Å². The number of hydrogen-bond acceptors (Lipinski definition) is 4. The summed E-state index contributed by atoms with van der Waals surface area (Å²) in [5, 5.41) is 22.6. The number of aromatic nitrogens is 3.